The summed E-state index contributed by atoms with van der Waals surface area (Å²) in [5, 5.41) is 12.7. The average Bonchev–Trinajstić information content (AvgIpc) is 2.96. The van der Waals surface area contributed by atoms with Crippen molar-refractivity contribution in [3.63, 3.8) is 0 Å². The Morgan fingerprint density at radius 3 is 2.41 bits per heavy atom. The number of methoxy groups -OCH3 is 1. The van der Waals surface area contributed by atoms with Crippen LogP contribution in [-0.4, -0.2) is 42.1 Å². The first-order valence-electron chi connectivity index (χ1n) is 12.9. The molecule has 0 saturated heterocycles. The Bertz CT molecular complexity index is 1420. The maximum atomic E-state index is 12.5. The molecule has 0 amide bonds. The van der Waals surface area contributed by atoms with E-state index in [0.29, 0.717) is 48.9 Å². The Morgan fingerprint density at radius 1 is 0.923 bits per heavy atom. The molecule has 1 heterocycles. The van der Waals surface area contributed by atoms with E-state index >= 15 is 0 Å². The highest BCUT2D eigenvalue weighted by atomic mass is 16.5. The van der Waals surface area contributed by atoms with Crippen molar-refractivity contribution in [2.24, 2.45) is 0 Å². The lowest BCUT2D eigenvalue weighted by Gasteiger charge is -2.17. The van der Waals surface area contributed by atoms with Gasteiger partial charge in [0.1, 0.15) is 5.75 Å². The lowest BCUT2D eigenvalue weighted by atomic mass is 9.93. The van der Waals surface area contributed by atoms with Gasteiger partial charge in [-0.2, -0.15) is 0 Å². The number of benzene rings is 3. The number of ether oxygens (including phenoxy) is 2. The number of pyridine rings is 1. The third-order valence-corrected chi connectivity index (χ3v) is 6.32. The zero-order valence-electron chi connectivity index (χ0n) is 22.1. The van der Waals surface area contributed by atoms with Crippen LogP contribution in [0.2, 0.25) is 0 Å². The molecule has 2 N–H and O–H groups in total. The normalized spacial score (nSPS) is 10.7. The molecule has 0 bridgehead atoms. The first kappa shape index (κ1) is 27.5. The van der Waals surface area contributed by atoms with Crippen LogP contribution < -0.4 is 14.8 Å². The first-order valence-corrected chi connectivity index (χ1v) is 12.9. The number of ketones is 1. The number of nitrogens with one attached hydrogen (secondary N) is 1. The summed E-state index contributed by atoms with van der Waals surface area (Å²) >= 11 is 0. The lowest BCUT2D eigenvalue weighted by molar-refractivity contribution is -0.136. The van der Waals surface area contributed by atoms with E-state index in [1.165, 1.54) is 0 Å². The molecule has 4 rings (SSSR count). The molecule has 0 aliphatic carbocycles. The smallest absolute Gasteiger partial charge is 0.307 e. The van der Waals surface area contributed by atoms with E-state index in [-0.39, 0.29) is 12.2 Å². The zero-order chi connectivity index (χ0) is 27.6. The van der Waals surface area contributed by atoms with Crippen LogP contribution in [-0.2, 0) is 17.8 Å². The third kappa shape index (κ3) is 7.30. The molecule has 7 heteroatoms. The molecule has 1 aromatic heterocycles. The number of rotatable bonds is 13. The highest BCUT2D eigenvalue weighted by Gasteiger charge is 2.15. The largest absolute Gasteiger partial charge is 0.496 e. The Labute approximate surface area is 228 Å². The van der Waals surface area contributed by atoms with Gasteiger partial charge in [-0.1, -0.05) is 48.5 Å². The van der Waals surface area contributed by atoms with Crippen molar-refractivity contribution in [1.82, 2.24) is 10.3 Å². The molecule has 200 valence electrons. The summed E-state index contributed by atoms with van der Waals surface area (Å²) in [6, 6.07) is 24.6. The fourth-order valence-electron chi connectivity index (χ4n) is 4.41. The minimum Gasteiger partial charge on any atom is -0.496 e. The summed E-state index contributed by atoms with van der Waals surface area (Å²) in [6.07, 6.45) is 2.07. The average molecular weight is 525 g/mol. The van der Waals surface area contributed by atoms with Crippen molar-refractivity contribution in [1.29, 1.82) is 0 Å². The van der Waals surface area contributed by atoms with Crippen molar-refractivity contribution in [3.05, 3.63) is 102 Å². The standard InChI is InChI=1S/C32H32N2O5/c1-3-39-31-14-11-25(21-34-31)24-10-12-27(28-17-22(18-32(36)37)9-13-30(28)38-2)26(19-24)20-33-16-15-29(35)23-7-5-4-6-8-23/h4-14,17,19,21,33H,3,15-16,18,20H2,1-2H3,(H,36,37). The molecule has 39 heavy (non-hydrogen) atoms. The van der Waals surface area contributed by atoms with Gasteiger partial charge in [0, 0.05) is 48.5 Å². The van der Waals surface area contributed by atoms with Gasteiger partial charge in [0.15, 0.2) is 5.78 Å². The Morgan fingerprint density at radius 2 is 1.72 bits per heavy atom. The Hall–Kier alpha value is -4.49. The number of aromatic nitrogens is 1. The van der Waals surface area contributed by atoms with Gasteiger partial charge >= 0.3 is 5.97 Å². The number of aliphatic carboxylic acids is 1. The number of hydrogen-bond acceptors (Lipinski definition) is 6. The van der Waals surface area contributed by atoms with Gasteiger partial charge in [-0.3, -0.25) is 9.59 Å². The molecule has 4 aromatic rings. The summed E-state index contributed by atoms with van der Waals surface area (Å²) in [4.78, 5) is 28.3. The molecule has 0 saturated carbocycles. The minimum absolute atomic E-state index is 0.0812. The monoisotopic (exact) mass is 524 g/mol. The second-order valence-corrected chi connectivity index (χ2v) is 9.01. The van der Waals surface area contributed by atoms with E-state index < -0.39 is 5.97 Å². The van der Waals surface area contributed by atoms with Crippen LogP contribution in [0.3, 0.4) is 0 Å². The molecule has 0 spiro atoms. The second-order valence-electron chi connectivity index (χ2n) is 9.01. The van der Waals surface area contributed by atoms with Gasteiger partial charge in [-0.05, 0) is 53.4 Å². The number of carbonyl (C=O) groups excluding carboxylic acids is 1. The predicted octanol–water partition coefficient (Wildman–Crippen LogP) is 5.81. The molecule has 0 fully saturated rings. The molecular weight excluding hydrogens is 492 g/mol. The van der Waals surface area contributed by atoms with Crippen LogP contribution in [0.1, 0.15) is 34.8 Å². The minimum atomic E-state index is -0.894. The second kappa shape index (κ2) is 13.3. The van der Waals surface area contributed by atoms with Crippen molar-refractivity contribution in [2.45, 2.75) is 26.3 Å². The van der Waals surface area contributed by atoms with Gasteiger partial charge in [0.25, 0.3) is 0 Å². The van der Waals surface area contributed by atoms with Crippen molar-refractivity contribution in [3.8, 4) is 33.9 Å². The quantitative estimate of drug-likeness (QED) is 0.168. The van der Waals surface area contributed by atoms with Gasteiger partial charge < -0.3 is 19.9 Å². The summed E-state index contributed by atoms with van der Waals surface area (Å²) in [7, 11) is 1.60. The summed E-state index contributed by atoms with van der Waals surface area (Å²) in [6.45, 7) is 3.48. The van der Waals surface area contributed by atoms with E-state index in [0.717, 1.165) is 27.8 Å². The number of nitrogens with zero attached hydrogens (tertiary/aromatic N) is 1. The highest BCUT2D eigenvalue weighted by molar-refractivity contribution is 5.96. The van der Waals surface area contributed by atoms with Crippen LogP contribution in [0.15, 0.2) is 85.1 Å². The van der Waals surface area contributed by atoms with Crippen molar-refractivity contribution < 1.29 is 24.2 Å². The molecule has 0 aliphatic heterocycles. The number of carboxylic acid groups (broad SMARTS) is 1. The Balaban J connectivity index is 1.63. The SMILES string of the molecule is CCOc1ccc(-c2ccc(-c3cc(CC(=O)O)ccc3OC)c(CNCCC(=O)c3ccccc3)c2)cn1. The Kier molecular flexibility index (Phi) is 9.43. The number of Topliss-reactive ketones (excluding diaryl/α,β-unsaturated/α-hetero) is 1. The van der Waals surface area contributed by atoms with E-state index in [9.17, 15) is 14.7 Å². The van der Waals surface area contributed by atoms with E-state index in [1.54, 1.807) is 25.4 Å². The molecule has 0 aliphatic rings. The zero-order valence-corrected chi connectivity index (χ0v) is 22.1. The number of carbonyl (C=O) groups is 2. The van der Waals surface area contributed by atoms with Gasteiger partial charge in [0.05, 0.1) is 20.1 Å². The van der Waals surface area contributed by atoms with Crippen molar-refractivity contribution in [2.75, 3.05) is 20.3 Å². The first-order chi connectivity index (χ1) is 19.0. The van der Waals surface area contributed by atoms with E-state index in [4.69, 9.17) is 9.47 Å². The summed E-state index contributed by atoms with van der Waals surface area (Å²) in [5.74, 6) is 0.415. The number of hydrogen-bond donors (Lipinski definition) is 2. The van der Waals surface area contributed by atoms with Gasteiger partial charge in [-0.25, -0.2) is 4.98 Å². The maximum absolute atomic E-state index is 12.5. The summed E-state index contributed by atoms with van der Waals surface area (Å²) < 4.78 is 11.1. The fraction of sp³-hybridized carbons (Fsp3) is 0.219. The molecular formula is C32H32N2O5. The highest BCUT2D eigenvalue weighted by Crippen LogP contribution is 2.36. The maximum Gasteiger partial charge on any atom is 0.307 e. The summed E-state index contributed by atoms with van der Waals surface area (Å²) in [5.41, 5.74) is 6.02. The lowest BCUT2D eigenvalue weighted by Crippen LogP contribution is -2.18. The third-order valence-electron chi connectivity index (χ3n) is 6.32. The van der Waals surface area contributed by atoms with E-state index in [2.05, 4.69) is 16.4 Å². The van der Waals surface area contributed by atoms with Gasteiger partial charge in [-0.15, -0.1) is 0 Å². The van der Waals surface area contributed by atoms with Crippen LogP contribution in [0.25, 0.3) is 22.3 Å². The topological polar surface area (TPSA) is 97.8 Å². The van der Waals surface area contributed by atoms with Crippen LogP contribution in [0, 0.1) is 0 Å². The molecule has 0 radical (unpaired) electrons. The van der Waals surface area contributed by atoms with Crippen LogP contribution in [0.4, 0.5) is 0 Å². The van der Waals surface area contributed by atoms with Crippen molar-refractivity contribution >= 4 is 11.8 Å². The molecule has 3 aromatic carbocycles. The van der Waals surface area contributed by atoms with Crippen LogP contribution in [0.5, 0.6) is 11.6 Å². The number of carboxylic acids is 1. The predicted molar refractivity (Wildman–Crippen MR) is 151 cm³/mol. The molecule has 0 atom stereocenters. The fourth-order valence-corrected chi connectivity index (χ4v) is 4.41. The molecule has 7 nitrogen and oxygen atoms in total. The van der Waals surface area contributed by atoms with E-state index in [1.807, 2.05) is 67.6 Å². The molecule has 0 unspecified atom stereocenters. The van der Waals surface area contributed by atoms with Gasteiger partial charge in [0.2, 0.25) is 5.88 Å². The van der Waals surface area contributed by atoms with Crippen LogP contribution >= 0.6 is 0 Å².